The highest BCUT2D eigenvalue weighted by Crippen LogP contribution is 2.19. The molecular weight excluding hydrogens is 354 g/mol. The third-order valence-electron chi connectivity index (χ3n) is 3.84. The van der Waals surface area contributed by atoms with E-state index in [2.05, 4.69) is 15.0 Å². The average molecular weight is 372 g/mol. The lowest BCUT2D eigenvalue weighted by molar-refractivity contribution is -0.121. The maximum atomic E-state index is 12.1. The Hall–Kier alpha value is -3.22. The standard InChI is InChI=1S/C20H18F2N2O3/c21-20(22)26-16-9-6-14(7-10-16)8-11-18(25)23-13-19-24-12-17(27-19)15-4-2-1-3-5-15/h1-7,9-10,12,20H,8,11,13H2,(H,23,25). The average Bonchev–Trinajstić information content (AvgIpc) is 3.15. The first-order chi connectivity index (χ1) is 13.1. The van der Waals surface area contributed by atoms with Crippen molar-refractivity contribution < 1.29 is 22.7 Å². The highest BCUT2D eigenvalue weighted by molar-refractivity contribution is 5.76. The normalized spacial score (nSPS) is 10.8. The van der Waals surface area contributed by atoms with Gasteiger partial charge in [0.05, 0.1) is 12.7 Å². The molecule has 0 bridgehead atoms. The van der Waals surface area contributed by atoms with Crippen molar-refractivity contribution in [1.82, 2.24) is 10.3 Å². The highest BCUT2D eigenvalue weighted by Gasteiger charge is 2.09. The molecule has 3 rings (SSSR count). The molecule has 27 heavy (non-hydrogen) atoms. The van der Waals surface area contributed by atoms with Crippen LogP contribution in [-0.2, 0) is 17.8 Å². The molecule has 2 aromatic carbocycles. The smallest absolute Gasteiger partial charge is 0.387 e. The molecule has 1 N–H and O–H groups in total. The molecule has 0 saturated heterocycles. The van der Waals surface area contributed by atoms with Gasteiger partial charge in [0.1, 0.15) is 5.75 Å². The number of carbonyl (C=O) groups is 1. The van der Waals surface area contributed by atoms with Gasteiger partial charge >= 0.3 is 6.61 Å². The molecule has 0 aliphatic rings. The number of rotatable bonds is 8. The fourth-order valence-electron chi connectivity index (χ4n) is 2.49. The molecule has 5 nitrogen and oxygen atoms in total. The van der Waals surface area contributed by atoms with Crippen molar-refractivity contribution in [3.05, 3.63) is 72.2 Å². The number of nitrogens with zero attached hydrogens (tertiary/aromatic N) is 1. The van der Waals surface area contributed by atoms with Gasteiger partial charge in [0.2, 0.25) is 11.8 Å². The van der Waals surface area contributed by atoms with Crippen molar-refractivity contribution in [2.24, 2.45) is 0 Å². The molecule has 0 unspecified atom stereocenters. The van der Waals surface area contributed by atoms with Crippen LogP contribution < -0.4 is 10.1 Å². The number of carbonyl (C=O) groups excluding carboxylic acids is 1. The van der Waals surface area contributed by atoms with Crippen LogP contribution in [0.25, 0.3) is 11.3 Å². The Morgan fingerprint density at radius 1 is 1.11 bits per heavy atom. The van der Waals surface area contributed by atoms with Crippen molar-refractivity contribution in [2.75, 3.05) is 0 Å². The fourth-order valence-corrected chi connectivity index (χ4v) is 2.49. The van der Waals surface area contributed by atoms with Gasteiger partial charge < -0.3 is 14.5 Å². The van der Waals surface area contributed by atoms with Gasteiger partial charge in [-0.3, -0.25) is 4.79 Å². The fraction of sp³-hybridized carbons (Fsp3) is 0.200. The van der Waals surface area contributed by atoms with E-state index in [1.807, 2.05) is 30.3 Å². The van der Waals surface area contributed by atoms with Gasteiger partial charge in [-0.2, -0.15) is 8.78 Å². The zero-order valence-electron chi connectivity index (χ0n) is 14.4. The van der Waals surface area contributed by atoms with Gasteiger partial charge in [0.25, 0.3) is 0 Å². The Labute approximate surface area is 155 Å². The molecule has 0 saturated carbocycles. The first-order valence-corrected chi connectivity index (χ1v) is 8.41. The predicted octanol–water partition coefficient (Wildman–Crippen LogP) is 4.19. The van der Waals surface area contributed by atoms with E-state index in [1.54, 1.807) is 18.3 Å². The summed E-state index contributed by atoms with van der Waals surface area (Å²) in [5.74, 6) is 1.01. The van der Waals surface area contributed by atoms with E-state index in [9.17, 15) is 13.6 Å². The molecule has 7 heteroatoms. The molecule has 0 aliphatic heterocycles. The zero-order chi connectivity index (χ0) is 19.1. The van der Waals surface area contributed by atoms with Crippen LogP contribution in [0, 0.1) is 0 Å². The largest absolute Gasteiger partial charge is 0.439 e. The molecule has 3 aromatic rings. The summed E-state index contributed by atoms with van der Waals surface area (Å²) in [6, 6.07) is 15.8. The molecule has 1 aromatic heterocycles. The van der Waals surface area contributed by atoms with Crippen LogP contribution in [0.3, 0.4) is 0 Å². The molecule has 0 aliphatic carbocycles. The van der Waals surface area contributed by atoms with Crippen molar-refractivity contribution in [1.29, 1.82) is 0 Å². The summed E-state index contributed by atoms with van der Waals surface area (Å²) in [6.07, 6.45) is 2.38. The van der Waals surface area contributed by atoms with Crippen LogP contribution in [0.2, 0.25) is 0 Å². The summed E-state index contributed by atoms with van der Waals surface area (Å²) in [4.78, 5) is 16.1. The second-order valence-electron chi connectivity index (χ2n) is 5.78. The summed E-state index contributed by atoms with van der Waals surface area (Å²) >= 11 is 0. The number of ether oxygens (including phenoxy) is 1. The van der Waals surface area contributed by atoms with Crippen molar-refractivity contribution in [2.45, 2.75) is 26.0 Å². The Kier molecular flexibility index (Phi) is 6.14. The quantitative estimate of drug-likeness (QED) is 0.644. The first kappa shape index (κ1) is 18.6. The van der Waals surface area contributed by atoms with Gasteiger partial charge in [-0.15, -0.1) is 0 Å². The van der Waals surface area contributed by atoms with Crippen LogP contribution >= 0.6 is 0 Å². The minimum absolute atomic E-state index is 0.0938. The van der Waals surface area contributed by atoms with E-state index in [-0.39, 0.29) is 24.6 Å². The zero-order valence-corrected chi connectivity index (χ0v) is 14.4. The van der Waals surface area contributed by atoms with Crippen LogP contribution in [0.5, 0.6) is 5.75 Å². The minimum atomic E-state index is -2.85. The van der Waals surface area contributed by atoms with Crippen LogP contribution in [-0.4, -0.2) is 17.5 Å². The monoisotopic (exact) mass is 372 g/mol. The topological polar surface area (TPSA) is 64.4 Å². The second-order valence-corrected chi connectivity index (χ2v) is 5.78. The second kappa shape index (κ2) is 8.93. The predicted molar refractivity (Wildman–Crippen MR) is 95.2 cm³/mol. The van der Waals surface area contributed by atoms with Gasteiger partial charge in [-0.25, -0.2) is 4.98 Å². The van der Waals surface area contributed by atoms with Gasteiger partial charge in [0.15, 0.2) is 5.76 Å². The Morgan fingerprint density at radius 3 is 2.56 bits per heavy atom. The Morgan fingerprint density at radius 2 is 1.85 bits per heavy atom. The third kappa shape index (κ3) is 5.64. The van der Waals surface area contributed by atoms with Gasteiger partial charge in [-0.05, 0) is 24.1 Å². The van der Waals surface area contributed by atoms with Crippen molar-refractivity contribution >= 4 is 5.91 Å². The number of benzene rings is 2. The first-order valence-electron chi connectivity index (χ1n) is 8.41. The SMILES string of the molecule is O=C(CCc1ccc(OC(F)F)cc1)NCc1ncc(-c2ccccc2)o1. The molecule has 0 fully saturated rings. The van der Waals surface area contributed by atoms with Gasteiger partial charge in [0, 0.05) is 12.0 Å². The number of nitrogens with one attached hydrogen (secondary N) is 1. The van der Waals surface area contributed by atoms with Crippen LogP contribution in [0.1, 0.15) is 17.9 Å². The number of aromatic nitrogens is 1. The van der Waals surface area contributed by atoms with Crippen LogP contribution in [0.4, 0.5) is 8.78 Å². The van der Waals surface area contributed by atoms with E-state index in [0.717, 1.165) is 11.1 Å². The molecule has 1 amide bonds. The third-order valence-corrected chi connectivity index (χ3v) is 3.84. The Balaban J connectivity index is 1.44. The van der Waals surface area contributed by atoms with E-state index >= 15 is 0 Å². The molecular formula is C20H18F2N2O3. The number of hydrogen-bond donors (Lipinski definition) is 1. The summed E-state index contributed by atoms with van der Waals surface area (Å²) in [5.41, 5.74) is 1.77. The maximum Gasteiger partial charge on any atom is 0.387 e. The summed E-state index contributed by atoms with van der Waals surface area (Å²) in [7, 11) is 0. The number of oxazole rings is 1. The highest BCUT2D eigenvalue weighted by atomic mass is 19.3. The maximum absolute atomic E-state index is 12.1. The summed E-state index contributed by atoms with van der Waals surface area (Å²) in [5, 5.41) is 2.75. The molecule has 1 heterocycles. The minimum Gasteiger partial charge on any atom is -0.439 e. The number of alkyl halides is 2. The van der Waals surface area contributed by atoms with Crippen molar-refractivity contribution in [3.63, 3.8) is 0 Å². The van der Waals surface area contributed by atoms with Gasteiger partial charge in [-0.1, -0.05) is 42.5 Å². The number of halogens is 2. The summed E-state index contributed by atoms with van der Waals surface area (Å²) < 4.78 is 34.1. The lowest BCUT2D eigenvalue weighted by atomic mass is 10.1. The van der Waals surface area contributed by atoms with Crippen molar-refractivity contribution in [3.8, 4) is 17.1 Å². The number of aryl methyl sites for hydroxylation is 1. The molecule has 0 atom stereocenters. The van der Waals surface area contributed by atoms with Crippen LogP contribution in [0.15, 0.2) is 65.2 Å². The summed E-state index contributed by atoms with van der Waals surface area (Å²) in [6.45, 7) is -2.65. The molecule has 140 valence electrons. The molecule has 0 spiro atoms. The number of hydrogen-bond acceptors (Lipinski definition) is 4. The van der Waals surface area contributed by atoms with E-state index in [4.69, 9.17) is 4.42 Å². The van der Waals surface area contributed by atoms with E-state index in [0.29, 0.717) is 18.1 Å². The number of amides is 1. The lowest BCUT2D eigenvalue weighted by Crippen LogP contribution is -2.23. The van der Waals surface area contributed by atoms with E-state index < -0.39 is 6.61 Å². The van der Waals surface area contributed by atoms with E-state index in [1.165, 1.54) is 12.1 Å². The lowest BCUT2D eigenvalue weighted by Gasteiger charge is -2.06. The Bertz CT molecular complexity index is 864. The molecule has 0 radical (unpaired) electrons.